The summed E-state index contributed by atoms with van der Waals surface area (Å²) in [7, 11) is 0. The molecule has 37 heavy (non-hydrogen) atoms. The highest BCUT2D eigenvalue weighted by Crippen LogP contribution is 2.32. The molecule has 0 aliphatic carbocycles. The summed E-state index contributed by atoms with van der Waals surface area (Å²) in [6.45, 7) is 6.67. The van der Waals surface area contributed by atoms with E-state index in [0.717, 1.165) is 11.3 Å². The summed E-state index contributed by atoms with van der Waals surface area (Å²) in [5, 5.41) is 2.81. The second kappa shape index (κ2) is 11.3. The lowest BCUT2D eigenvalue weighted by Crippen LogP contribution is -2.50. The van der Waals surface area contributed by atoms with Gasteiger partial charge in [0.1, 0.15) is 12.4 Å². The summed E-state index contributed by atoms with van der Waals surface area (Å²) < 4.78 is 20.7. The minimum atomic E-state index is -0.432. The molecule has 9 heteroatoms. The summed E-state index contributed by atoms with van der Waals surface area (Å²) in [5.74, 6) is -0.979. The van der Waals surface area contributed by atoms with Crippen LogP contribution in [0.4, 0.5) is 14.9 Å². The van der Waals surface area contributed by atoms with Crippen LogP contribution in [0.15, 0.2) is 66.9 Å². The number of carbonyl (C=O) groups excluding carboxylic acids is 3. The van der Waals surface area contributed by atoms with Crippen LogP contribution in [0.25, 0.3) is 0 Å². The van der Waals surface area contributed by atoms with Gasteiger partial charge in [0.2, 0.25) is 5.91 Å². The lowest BCUT2D eigenvalue weighted by atomic mass is 9.99. The van der Waals surface area contributed by atoms with Crippen LogP contribution in [-0.4, -0.2) is 58.0 Å². The smallest absolute Gasteiger partial charge is 0.338 e. The first-order chi connectivity index (χ1) is 17.8. The topological polar surface area (TPSA) is 83.9 Å². The average molecular weight is 507 g/mol. The molecule has 1 N–H and O–H groups in total. The fourth-order valence-corrected chi connectivity index (χ4v) is 4.47. The predicted molar refractivity (Wildman–Crippen MR) is 138 cm³/mol. The van der Waals surface area contributed by atoms with Crippen LogP contribution in [0, 0.1) is 5.82 Å². The van der Waals surface area contributed by atoms with Gasteiger partial charge < -0.3 is 24.4 Å². The van der Waals surface area contributed by atoms with Gasteiger partial charge in [0, 0.05) is 36.7 Å². The number of amides is 3. The molecular weight excluding hydrogens is 475 g/mol. The quantitative estimate of drug-likeness (QED) is 0.472. The monoisotopic (exact) mass is 506 g/mol. The van der Waals surface area contributed by atoms with Crippen LogP contribution in [0.2, 0.25) is 0 Å². The molecule has 2 heterocycles. The Labute approximate surface area is 215 Å². The standard InChI is InChI=1S/C28H31FN4O4/c1-4-37-27(35)21-9-13-23(14-10-21)30-28(36)33(19(2)3)18-25(34)32-17-16-31-15-5-6-24(31)26(32)20-7-11-22(29)12-8-20/h5-15,19,26H,4,16-18H2,1-3H3,(H,30,36). The molecule has 1 atom stereocenters. The maximum absolute atomic E-state index is 13.6. The molecule has 0 bridgehead atoms. The fraction of sp³-hybridized carbons (Fsp3) is 0.321. The molecule has 3 amide bonds. The van der Waals surface area contributed by atoms with Crippen molar-refractivity contribution in [2.45, 2.75) is 39.4 Å². The minimum absolute atomic E-state index is 0.122. The van der Waals surface area contributed by atoms with Crippen molar-refractivity contribution in [3.63, 3.8) is 0 Å². The molecule has 0 radical (unpaired) electrons. The van der Waals surface area contributed by atoms with E-state index in [-0.39, 0.29) is 37.0 Å². The first-order valence-corrected chi connectivity index (χ1v) is 12.3. The molecule has 0 saturated carbocycles. The Hall–Kier alpha value is -4.14. The summed E-state index contributed by atoms with van der Waals surface area (Å²) in [6, 6.07) is 15.4. The number of halogens is 1. The van der Waals surface area contributed by atoms with Crippen molar-refractivity contribution in [3.8, 4) is 0 Å². The number of nitrogens with zero attached hydrogens (tertiary/aromatic N) is 3. The Morgan fingerprint density at radius 3 is 2.41 bits per heavy atom. The second-order valence-electron chi connectivity index (χ2n) is 9.12. The van der Waals surface area contributed by atoms with E-state index in [9.17, 15) is 18.8 Å². The van der Waals surface area contributed by atoms with Crippen LogP contribution < -0.4 is 5.32 Å². The Kier molecular flexibility index (Phi) is 7.91. The number of anilines is 1. The van der Waals surface area contributed by atoms with Crippen LogP contribution in [0.1, 0.15) is 48.4 Å². The summed E-state index contributed by atoms with van der Waals surface area (Å²) in [4.78, 5) is 41.8. The summed E-state index contributed by atoms with van der Waals surface area (Å²) >= 11 is 0. The van der Waals surface area contributed by atoms with E-state index >= 15 is 0 Å². The number of nitrogens with one attached hydrogen (secondary N) is 1. The highest BCUT2D eigenvalue weighted by Gasteiger charge is 2.34. The highest BCUT2D eigenvalue weighted by molar-refractivity contribution is 5.94. The molecule has 0 fully saturated rings. The van der Waals surface area contributed by atoms with Crippen molar-refractivity contribution >= 4 is 23.6 Å². The minimum Gasteiger partial charge on any atom is -0.462 e. The van der Waals surface area contributed by atoms with E-state index in [4.69, 9.17) is 4.74 Å². The van der Waals surface area contributed by atoms with Crippen molar-refractivity contribution in [1.82, 2.24) is 14.4 Å². The summed E-state index contributed by atoms with van der Waals surface area (Å²) in [6.07, 6.45) is 1.97. The Morgan fingerprint density at radius 1 is 1.05 bits per heavy atom. The first kappa shape index (κ1) is 25.9. The number of rotatable bonds is 7. The number of ether oxygens (including phenoxy) is 1. The zero-order valence-electron chi connectivity index (χ0n) is 21.2. The van der Waals surface area contributed by atoms with Gasteiger partial charge in [-0.25, -0.2) is 14.0 Å². The third-order valence-electron chi connectivity index (χ3n) is 6.38. The van der Waals surface area contributed by atoms with Crippen molar-refractivity contribution in [2.24, 2.45) is 0 Å². The van der Waals surface area contributed by atoms with Gasteiger partial charge in [0.25, 0.3) is 0 Å². The molecule has 1 unspecified atom stereocenters. The lowest BCUT2D eigenvalue weighted by molar-refractivity contribution is -0.134. The number of benzene rings is 2. The van der Waals surface area contributed by atoms with Gasteiger partial charge >= 0.3 is 12.0 Å². The van der Waals surface area contributed by atoms with E-state index in [0.29, 0.717) is 24.3 Å². The van der Waals surface area contributed by atoms with Gasteiger partial charge in [-0.05, 0) is 74.9 Å². The maximum atomic E-state index is 13.6. The molecule has 1 aromatic heterocycles. The number of carbonyl (C=O) groups is 3. The van der Waals surface area contributed by atoms with E-state index in [1.807, 2.05) is 32.2 Å². The number of hydrogen-bond donors (Lipinski definition) is 1. The largest absolute Gasteiger partial charge is 0.462 e. The van der Waals surface area contributed by atoms with Gasteiger partial charge in [-0.2, -0.15) is 0 Å². The molecule has 3 aromatic rings. The number of esters is 1. The number of urea groups is 1. The van der Waals surface area contributed by atoms with E-state index in [1.54, 1.807) is 48.2 Å². The molecule has 0 saturated heterocycles. The third-order valence-corrected chi connectivity index (χ3v) is 6.38. The molecule has 0 spiro atoms. The highest BCUT2D eigenvalue weighted by atomic mass is 19.1. The molecule has 194 valence electrons. The van der Waals surface area contributed by atoms with Gasteiger partial charge in [-0.3, -0.25) is 4.79 Å². The molecule has 8 nitrogen and oxygen atoms in total. The normalized spacial score (nSPS) is 14.7. The van der Waals surface area contributed by atoms with Gasteiger partial charge in [-0.1, -0.05) is 12.1 Å². The van der Waals surface area contributed by atoms with Crippen molar-refractivity contribution in [3.05, 3.63) is 89.5 Å². The van der Waals surface area contributed by atoms with Crippen molar-refractivity contribution in [2.75, 3.05) is 25.0 Å². The maximum Gasteiger partial charge on any atom is 0.338 e. The second-order valence-corrected chi connectivity index (χ2v) is 9.12. The Morgan fingerprint density at radius 2 is 1.76 bits per heavy atom. The third kappa shape index (κ3) is 5.82. The van der Waals surface area contributed by atoms with Crippen molar-refractivity contribution in [1.29, 1.82) is 0 Å². The predicted octanol–water partition coefficient (Wildman–Crippen LogP) is 4.68. The van der Waals surface area contributed by atoms with Crippen LogP contribution in [-0.2, 0) is 16.1 Å². The number of hydrogen-bond acceptors (Lipinski definition) is 4. The Balaban J connectivity index is 1.50. The Bertz CT molecular complexity index is 1250. The van der Waals surface area contributed by atoms with Gasteiger partial charge in [0.15, 0.2) is 0 Å². The average Bonchev–Trinajstić information content (AvgIpc) is 3.36. The molecule has 2 aromatic carbocycles. The van der Waals surface area contributed by atoms with Gasteiger partial charge in [-0.15, -0.1) is 0 Å². The molecule has 4 rings (SSSR count). The molecule has 1 aliphatic rings. The van der Waals surface area contributed by atoms with E-state index < -0.39 is 12.0 Å². The lowest BCUT2D eigenvalue weighted by Gasteiger charge is -2.39. The summed E-state index contributed by atoms with van der Waals surface area (Å²) in [5.41, 5.74) is 2.62. The van der Waals surface area contributed by atoms with E-state index in [2.05, 4.69) is 9.88 Å². The molecule has 1 aliphatic heterocycles. The fourth-order valence-electron chi connectivity index (χ4n) is 4.47. The number of aromatic nitrogens is 1. The van der Waals surface area contributed by atoms with Crippen LogP contribution in [0.5, 0.6) is 0 Å². The number of fused-ring (bicyclic) bond motifs is 1. The van der Waals surface area contributed by atoms with Gasteiger partial charge in [0.05, 0.1) is 18.2 Å². The SMILES string of the molecule is CCOC(=O)c1ccc(NC(=O)N(CC(=O)N2CCn3cccc3C2c2ccc(F)cc2)C(C)C)cc1. The molecular formula is C28H31FN4O4. The first-order valence-electron chi connectivity index (χ1n) is 12.3. The van der Waals surface area contributed by atoms with Crippen LogP contribution >= 0.6 is 0 Å². The van der Waals surface area contributed by atoms with Crippen LogP contribution in [0.3, 0.4) is 0 Å². The van der Waals surface area contributed by atoms with E-state index in [1.165, 1.54) is 17.0 Å². The van der Waals surface area contributed by atoms with Crippen molar-refractivity contribution < 1.29 is 23.5 Å². The zero-order valence-corrected chi connectivity index (χ0v) is 21.2. The zero-order chi connectivity index (χ0) is 26.5.